The van der Waals surface area contributed by atoms with E-state index in [9.17, 15) is 4.79 Å². The first-order chi connectivity index (χ1) is 9.67. The average Bonchev–Trinajstić information content (AvgIpc) is 3.02. The van der Waals surface area contributed by atoms with Crippen LogP contribution in [-0.4, -0.2) is 29.4 Å². The molecule has 3 rings (SSSR count). The molecule has 0 spiro atoms. The summed E-state index contributed by atoms with van der Waals surface area (Å²) in [4.78, 5) is 17.1. The second-order valence-electron chi connectivity index (χ2n) is 4.14. The van der Waals surface area contributed by atoms with Crippen molar-refractivity contribution in [2.45, 2.75) is 24.3 Å². The number of hydrogen-bond donors (Lipinski definition) is 0. The Balaban J connectivity index is 1.88. The molecule has 0 saturated heterocycles. The van der Waals surface area contributed by atoms with E-state index in [0.29, 0.717) is 10.7 Å². The van der Waals surface area contributed by atoms with Crippen LogP contribution in [0.1, 0.15) is 17.6 Å². The number of rotatable bonds is 4. The number of fused-ring (bicyclic) bond motifs is 1. The Labute approximate surface area is 122 Å². The van der Waals surface area contributed by atoms with E-state index in [1.807, 2.05) is 18.5 Å². The second-order valence-corrected chi connectivity index (χ2v) is 6.13. The lowest BCUT2D eigenvalue weighted by Gasteiger charge is -2.00. The van der Waals surface area contributed by atoms with Crippen molar-refractivity contribution in [1.82, 2.24) is 29.4 Å². The topological polar surface area (TPSA) is 78.0 Å². The molecule has 0 bridgehead atoms. The molecule has 3 aromatic heterocycles. The standard InChI is InChI=1S/C11H12N6OS2/c1-3-8-15-17-9(18)4-7(13-10(17)20-8)5-19-11-14-12-6-16(11)2/h4,6H,3,5H2,1-2H3. The third kappa shape index (κ3) is 2.46. The Morgan fingerprint density at radius 3 is 3.00 bits per heavy atom. The Hall–Kier alpha value is -1.74. The van der Waals surface area contributed by atoms with E-state index in [2.05, 4.69) is 20.3 Å². The Morgan fingerprint density at radius 1 is 1.45 bits per heavy atom. The van der Waals surface area contributed by atoms with Crippen LogP contribution >= 0.6 is 23.1 Å². The lowest BCUT2D eigenvalue weighted by atomic mass is 10.4. The van der Waals surface area contributed by atoms with Crippen molar-refractivity contribution < 1.29 is 0 Å². The van der Waals surface area contributed by atoms with Crippen LogP contribution in [0.15, 0.2) is 22.3 Å². The second kappa shape index (κ2) is 5.33. The fourth-order valence-corrected chi connectivity index (χ4v) is 3.29. The quantitative estimate of drug-likeness (QED) is 0.672. The summed E-state index contributed by atoms with van der Waals surface area (Å²) >= 11 is 2.95. The Bertz CT molecular complexity index is 805. The zero-order valence-corrected chi connectivity index (χ0v) is 12.6. The smallest absolute Gasteiger partial charge is 0.275 e. The minimum absolute atomic E-state index is 0.139. The third-order valence-corrected chi connectivity index (χ3v) is 4.78. The van der Waals surface area contributed by atoms with Crippen molar-refractivity contribution in [1.29, 1.82) is 0 Å². The van der Waals surface area contributed by atoms with Crippen molar-refractivity contribution in [2.75, 3.05) is 0 Å². The van der Waals surface area contributed by atoms with Gasteiger partial charge in [0.25, 0.3) is 5.56 Å². The molecule has 0 saturated carbocycles. The molecular formula is C11H12N6OS2. The van der Waals surface area contributed by atoms with Gasteiger partial charge in [-0.25, -0.2) is 4.98 Å². The number of aryl methyl sites for hydroxylation is 2. The molecule has 0 amide bonds. The van der Waals surface area contributed by atoms with Gasteiger partial charge in [0.05, 0.1) is 5.69 Å². The largest absolute Gasteiger partial charge is 0.312 e. The van der Waals surface area contributed by atoms with Crippen LogP contribution in [0.3, 0.4) is 0 Å². The van der Waals surface area contributed by atoms with Gasteiger partial charge in [0.15, 0.2) is 5.16 Å². The molecule has 7 nitrogen and oxygen atoms in total. The van der Waals surface area contributed by atoms with Gasteiger partial charge in [0, 0.05) is 18.9 Å². The maximum Gasteiger partial charge on any atom is 0.275 e. The molecule has 3 heterocycles. The highest BCUT2D eigenvalue weighted by Gasteiger charge is 2.09. The monoisotopic (exact) mass is 308 g/mol. The van der Waals surface area contributed by atoms with Crippen LogP contribution in [-0.2, 0) is 19.2 Å². The predicted octanol–water partition coefficient (Wildman–Crippen LogP) is 1.13. The fraction of sp³-hybridized carbons (Fsp3) is 0.364. The van der Waals surface area contributed by atoms with Crippen LogP contribution in [0.25, 0.3) is 4.96 Å². The summed E-state index contributed by atoms with van der Waals surface area (Å²) in [5.74, 6) is 0.581. The van der Waals surface area contributed by atoms with E-state index in [4.69, 9.17) is 0 Å². The first-order valence-corrected chi connectivity index (χ1v) is 7.83. The molecule has 0 aromatic carbocycles. The lowest BCUT2D eigenvalue weighted by Crippen LogP contribution is -2.15. The zero-order chi connectivity index (χ0) is 14.1. The summed E-state index contributed by atoms with van der Waals surface area (Å²) in [7, 11) is 1.88. The number of nitrogens with zero attached hydrogens (tertiary/aromatic N) is 6. The van der Waals surface area contributed by atoms with E-state index in [-0.39, 0.29) is 5.56 Å². The van der Waals surface area contributed by atoms with Gasteiger partial charge in [-0.2, -0.15) is 9.61 Å². The van der Waals surface area contributed by atoms with Crippen LogP contribution < -0.4 is 5.56 Å². The molecule has 0 aliphatic rings. The number of aromatic nitrogens is 6. The van der Waals surface area contributed by atoms with Gasteiger partial charge in [0.1, 0.15) is 11.3 Å². The molecule has 9 heteroatoms. The van der Waals surface area contributed by atoms with Gasteiger partial charge >= 0.3 is 0 Å². The minimum Gasteiger partial charge on any atom is -0.312 e. The summed E-state index contributed by atoms with van der Waals surface area (Å²) in [6.45, 7) is 2.01. The SMILES string of the molecule is CCc1nn2c(=O)cc(CSc3nncn3C)nc2s1. The normalized spacial score (nSPS) is 11.3. The van der Waals surface area contributed by atoms with Crippen molar-refractivity contribution in [3.05, 3.63) is 33.4 Å². The maximum absolute atomic E-state index is 12.0. The molecule has 104 valence electrons. The zero-order valence-electron chi connectivity index (χ0n) is 11.0. The summed E-state index contributed by atoms with van der Waals surface area (Å²) in [6.07, 6.45) is 2.45. The molecule has 0 aliphatic heterocycles. The maximum atomic E-state index is 12.0. The van der Waals surface area contributed by atoms with Gasteiger partial charge < -0.3 is 4.57 Å². The molecule has 20 heavy (non-hydrogen) atoms. The molecule has 3 aromatic rings. The molecule has 0 radical (unpaired) electrons. The molecule has 0 fully saturated rings. The van der Waals surface area contributed by atoms with E-state index in [1.165, 1.54) is 33.7 Å². The molecule has 0 aliphatic carbocycles. The van der Waals surface area contributed by atoms with Gasteiger partial charge in [-0.1, -0.05) is 30.0 Å². The van der Waals surface area contributed by atoms with Crippen molar-refractivity contribution >= 4 is 28.1 Å². The first kappa shape index (κ1) is 13.3. The summed E-state index contributed by atoms with van der Waals surface area (Å²) in [6, 6.07) is 1.52. The molecule has 0 atom stereocenters. The highest BCUT2D eigenvalue weighted by atomic mass is 32.2. The summed E-state index contributed by atoms with van der Waals surface area (Å²) < 4.78 is 3.19. The predicted molar refractivity (Wildman–Crippen MR) is 77.1 cm³/mol. The molecule has 0 unspecified atom stereocenters. The van der Waals surface area contributed by atoms with E-state index in [0.717, 1.165) is 22.3 Å². The Morgan fingerprint density at radius 2 is 2.30 bits per heavy atom. The van der Waals surface area contributed by atoms with Crippen molar-refractivity contribution in [3.63, 3.8) is 0 Å². The van der Waals surface area contributed by atoms with Gasteiger partial charge in [-0.05, 0) is 6.42 Å². The van der Waals surface area contributed by atoms with Gasteiger partial charge in [-0.15, -0.1) is 10.2 Å². The van der Waals surface area contributed by atoms with E-state index in [1.54, 1.807) is 6.33 Å². The van der Waals surface area contributed by atoms with E-state index >= 15 is 0 Å². The summed E-state index contributed by atoms with van der Waals surface area (Å²) in [5, 5.41) is 13.7. The number of thioether (sulfide) groups is 1. The van der Waals surface area contributed by atoms with Crippen molar-refractivity contribution in [3.8, 4) is 0 Å². The molecular weight excluding hydrogens is 296 g/mol. The van der Waals surface area contributed by atoms with Gasteiger partial charge in [-0.3, -0.25) is 4.79 Å². The highest BCUT2D eigenvalue weighted by molar-refractivity contribution is 7.98. The number of hydrogen-bond acceptors (Lipinski definition) is 7. The van der Waals surface area contributed by atoms with Crippen LogP contribution in [0.5, 0.6) is 0 Å². The fourth-order valence-electron chi connectivity index (χ4n) is 1.65. The minimum atomic E-state index is -0.139. The van der Waals surface area contributed by atoms with Gasteiger partial charge in [0.2, 0.25) is 4.96 Å². The summed E-state index contributed by atoms with van der Waals surface area (Å²) in [5.41, 5.74) is 0.591. The third-order valence-electron chi connectivity index (χ3n) is 2.66. The first-order valence-electron chi connectivity index (χ1n) is 6.03. The van der Waals surface area contributed by atoms with Crippen LogP contribution in [0, 0.1) is 0 Å². The Kier molecular flexibility index (Phi) is 3.53. The molecule has 0 N–H and O–H groups in total. The lowest BCUT2D eigenvalue weighted by molar-refractivity contribution is 0.788. The average molecular weight is 308 g/mol. The van der Waals surface area contributed by atoms with Crippen LogP contribution in [0.2, 0.25) is 0 Å². The van der Waals surface area contributed by atoms with Crippen LogP contribution in [0.4, 0.5) is 0 Å². The van der Waals surface area contributed by atoms with Crippen molar-refractivity contribution in [2.24, 2.45) is 7.05 Å². The highest BCUT2D eigenvalue weighted by Crippen LogP contribution is 2.19. The van der Waals surface area contributed by atoms with E-state index < -0.39 is 0 Å².